The van der Waals surface area contributed by atoms with Crippen molar-refractivity contribution in [3.8, 4) is 0 Å². The number of piperazine rings is 1. The zero-order valence-electron chi connectivity index (χ0n) is 13.4. The van der Waals surface area contributed by atoms with Gasteiger partial charge in [-0.3, -0.25) is 4.90 Å². The Bertz CT molecular complexity index is 310. The average Bonchev–Trinajstić information content (AvgIpc) is 2.46. The van der Waals surface area contributed by atoms with Gasteiger partial charge < -0.3 is 4.81 Å². The van der Waals surface area contributed by atoms with Gasteiger partial charge in [-0.05, 0) is 69.4 Å². The lowest BCUT2D eigenvalue weighted by atomic mass is 9.60. The molecule has 3 radical (unpaired) electrons. The van der Waals surface area contributed by atoms with Gasteiger partial charge in [0.05, 0.1) is 0 Å². The number of rotatable bonds is 3. The van der Waals surface area contributed by atoms with Crippen LogP contribution in [-0.4, -0.2) is 56.5 Å². The third-order valence-electron chi connectivity index (χ3n) is 6.33. The van der Waals surface area contributed by atoms with Crippen LogP contribution in [0.1, 0.15) is 52.4 Å². The Kier molecular flexibility index (Phi) is 4.52. The Labute approximate surface area is 127 Å². The molecule has 0 spiro atoms. The fourth-order valence-corrected chi connectivity index (χ4v) is 5.51. The van der Waals surface area contributed by atoms with Gasteiger partial charge in [-0.1, -0.05) is 13.8 Å². The second kappa shape index (κ2) is 6.04. The lowest BCUT2D eigenvalue weighted by Gasteiger charge is -2.55. The molecule has 0 amide bonds. The van der Waals surface area contributed by atoms with Crippen LogP contribution < -0.4 is 0 Å². The molecule has 2 nitrogen and oxygen atoms in total. The van der Waals surface area contributed by atoms with Gasteiger partial charge in [-0.25, -0.2) is 0 Å². The number of fused-ring (bicyclic) bond motifs is 2. The van der Waals surface area contributed by atoms with E-state index in [1.54, 1.807) is 7.31 Å². The SMILES string of the molecule is [B][B]N1CCN(C2(CC)CC3CC(C)CC(C3)C2)CC1. The van der Waals surface area contributed by atoms with E-state index >= 15 is 0 Å². The predicted molar refractivity (Wildman–Crippen MR) is 86.9 cm³/mol. The van der Waals surface area contributed by atoms with E-state index in [0.29, 0.717) is 5.54 Å². The molecular formula is C16H29B2N2. The first-order chi connectivity index (χ1) is 9.65. The molecule has 2 atom stereocenters. The topological polar surface area (TPSA) is 6.48 Å². The standard InChI is InChI=1S/C16H29B2N2/c1-3-16(19-4-6-20(18-17)7-5-19)11-14-8-13(2)9-15(10-14)12-16/h13-15H,3-12H2,1-2H3. The van der Waals surface area contributed by atoms with E-state index < -0.39 is 0 Å². The Morgan fingerprint density at radius 1 is 1.05 bits per heavy atom. The van der Waals surface area contributed by atoms with Crippen LogP contribution in [0, 0.1) is 17.8 Å². The number of nitrogens with zero attached hydrogens (tertiary/aromatic N) is 2. The highest BCUT2D eigenvalue weighted by Crippen LogP contribution is 2.49. The van der Waals surface area contributed by atoms with Crippen LogP contribution in [0.3, 0.4) is 0 Å². The van der Waals surface area contributed by atoms with Gasteiger partial charge in [0, 0.05) is 26.4 Å². The zero-order chi connectivity index (χ0) is 14.2. The molecule has 4 heteroatoms. The quantitative estimate of drug-likeness (QED) is 0.727. The third kappa shape index (κ3) is 2.83. The van der Waals surface area contributed by atoms with Crippen molar-refractivity contribution in [1.82, 2.24) is 9.71 Å². The fraction of sp³-hybridized carbons (Fsp3) is 1.00. The average molecular weight is 271 g/mol. The fourth-order valence-electron chi connectivity index (χ4n) is 5.51. The zero-order valence-corrected chi connectivity index (χ0v) is 13.4. The van der Waals surface area contributed by atoms with Crippen molar-refractivity contribution < 1.29 is 0 Å². The van der Waals surface area contributed by atoms with E-state index in [-0.39, 0.29) is 0 Å². The molecule has 1 saturated heterocycles. The van der Waals surface area contributed by atoms with Gasteiger partial charge >= 0.3 is 0 Å². The summed E-state index contributed by atoms with van der Waals surface area (Å²) in [5.41, 5.74) is 0.508. The molecule has 3 aliphatic rings. The highest BCUT2D eigenvalue weighted by Gasteiger charge is 2.46. The predicted octanol–water partition coefficient (Wildman–Crippen LogP) is 2.30. The summed E-state index contributed by atoms with van der Waals surface area (Å²) in [7, 11) is 7.44. The van der Waals surface area contributed by atoms with E-state index in [1.807, 2.05) is 0 Å². The molecule has 0 aromatic heterocycles. The van der Waals surface area contributed by atoms with Crippen LogP contribution in [0.15, 0.2) is 0 Å². The van der Waals surface area contributed by atoms with Gasteiger partial charge in [0.1, 0.15) is 7.31 Å². The molecule has 0 N–H and O–H groups in total. The molecule has 2 bridgehead atoms. The Morgan fingerprint density at radius 3 is 2.15 bits per heavy atom. The first-order valence-electron chi connectivity index (χ1n) is 8.69. The maximum atomic E-state index is 5.67. The first kappa shape index (κ1) is 15.0. The summed E-state index contributed by atoms with van der Waals surface area (Å²) < 4.78 is 0. The van der Waals surface area contributed by atoms with Crippen LogP contribution in [0.4, 0.5) is 0 Å². The van der Waals surface area contributed by atoms with Crippen molar-refractivity contribution in [2.45, 2.75) is 57.9 Å². The van der Waals surface area contributed by atoms with Gasteiger partial charge in [-0.15, -0.1) is 0 Å². The molecule has 1 aliphatic heterocycles. The molecule has 3 rings (SSSR count). The molecule has 20 heavy (non-hydrogen) atoms. The van der Waals surface area contributed by atoms with E-state index in [1.165, 1.54) is 51.6 Å². The third-order valence-corrected chi connectivity index (χ3v) is 6.33. The van der Waals surface area contributed by atoms with Gasteiger partial charge in [0.15, 0.2) is 0 Å². The maximum Gasteiger partial charge on any atom is 0.148 e. The maximum absolute atomic E-state index is 5.67. The molecule has 2 unspecified atom stereocenters. The van der Waals surface area contributed by atoms with Crippen molar-refractivity contribution in [2.75, 3.05) is 26.2 Å². The van der Waals surface area contributed by atoms with Crippen LogP contribution in [0.2, 0.25) is 0 Å². The minimum Gasteiger partial charge on any atom is -0.354 e. The normalized spacial score (nSPS) is 43.4. The largest absolute Gasteiger partial charge is 0.354 e. The highest BCUT2D eigenvalue weighted by molar-refractivity contribution is 6.87. The summed E-state index contributed by atoms with van der Waals surface area (Å²) in [4.78, 5) is 5.09. The summed E-state index contributed by atoms with van der Waals surface area (Å²) in [6.07, 6.45) is 8.72. The van der Waals surface area contributed by atoms with Crippen LogP contribution in [0.25, 0.3) is 0 Å². The summed E-state index contributed by atoms with van der Waals surface area (Å²) >= 11 is 0. The van der Waals surface area contributed by atoms with Crippen molar-refractivity contribution >= 4 is 15.0 Å². The molecular weight excluding hydrogens is 242 g/mol. The van der Waals surface area contributed by atoms with E-state index in [4.69, 9.17) is 7.74 Å². The molecule has 3 fully saturated rings. The van der Waals surface area contributed by atoms with Gasteiger partial charge in [0.2, 0.25) is 0 Å². The Hall–Kier alpha value is 0.0499. The smallest absolute Gasteiger partial charge is 0.148 e. The second-order valence-corrected chi connectivity index (χ2v) is 7.70. The Morgan fingerprint density at radius 2 is 1.65 bits per heavy atom. The number of hydrogen-bond acceptors (Lipinski definition) is 2. The molecule has 109 valence electrons. The lowest BCUT2D eigenvalue weighted by Crippen LogP contribution is -2.60. The molecule has 2 saturated carbocycles. The monoisotopic (exact) mass is 271 g/mol. The second-order valence-electron chi connectivity index (χ2n) is 7.70. The summed E-state index contributed by atoms with van der Waals surface area (Å²) in [6, 6.07) is 0. The summed E-state index contributed by atoms with van der Waals surface area (Å²) in [6.45, 7) is 9.53. The van der Waals surface area contributed by atoms with Crippen LogP contribution >= 0.6 is 0 Å². The van der Waals surface area contributed by atoms with Crippen molar-refractivity contribution in [3.63, 3.8) is 0 Å². The van der Waals surface area contributed by atoms with Crippen molar-refractivity contribution in [2.24, 2.45) is 17.8 Å². The van der Waals surface area contributed by atoms with Gasteiger partial charge in [0.25, 0.3) is 0 Å². The summed E-state index contributed by atoms with van der Waals surface area (Å²) in [5, 5.41) is 0. The van der Waals surface area contributed by atoms with Crippen molar-refractivity contribution in [1.29, 1.82) is 0 Å². The van der Waals surface area contributed by atoms with Gasteiger partial charge in [-0.2, -0.15) is 0 Å². The lowest BCUT2D eigenvalue weighted by molar-refractivity contribution is -0.0367. The Balaban J connectivity index is 1.69. The minimum atomic E-state index is 0.508. The van der Waals surface area contributed by atoms with E-state index in [0.717, 1.165) is 30.8 Å². The van der Waals surface area contributed by atoms with Crippen LogP contribution in [-0.2, 0) is 0 Å². The highest BCUT2D eigenvalue weighted by atomic mass is 15.3. The molecule has 2 aliphatic carbocycles. The number of hydrogen-bond donors (Lipinski definition) is 0. The first-order valence-corrected chi connectivity index (χ1v) is 8.69. The molecule has 1 heterocycles. The van der Waals surface area contributed by atoms with Crippen molar-refractivity contribution in [3.05, 3.63) is 0 Å². The molecule has 0 aromatic carbocycles. The van der Waals surface area contributed by atoms with E-state index in [2.05, 4.69) is 23.6 Å². The summed E-state index contributed by atoms with van der Waals surface area (Å²) in [5.74, 6) is 2.96. The van der Waals surface area contributed by atoms with Crippen LogP contribution in [0.5, 0.6) is 0 Å². The molecule has 0 aromatic rings. The minimum absolute atomic E-state index is 0.508. The van der Waals surface area contributed by atoms with E-state index in [9.17, 15) is 0 Å².